The van der Waals surface area contributed by atoms with E-state index in [9.17, 15) is 4.79 Å². The number of nitrogens with zero attached hydrogens (tertiary/aromatic N) is 4. The van der Waals surface area contributed by atoms with E-state index >= 15 is 0 Å². The highest BCUT2D eigenvalue weighted by molar-refractivity contribution is 5.75. The first-order valence-corrected chi connectivity index (χ1v) is 9.19. The average molecular weight is 331 g/mol. The number of piperazine rings is 1. The van der Waals surface area contributed by atoms with Gasteiger partial charge in [0.05, 0.1) is 0 Å². The van der Waals surface area contributed by atoms with Gasteiger partial charge in [-0.25, -0.2) is 14.8 Å². The van der Waals surface area contributed by atoms with Gasteiger partial charge in [0.2, 0.25) is 0 Å². The van der Waals surface area contributed by atoms with Crippen LogP contribution in [0.4, 0.5) is 10.6 Å². The highest BCUT2D eigenvalue weighted by atomic mass is 16.2. The Hall–Kier alpha value is -1.85. The predicted octanol–water partition coefficient (Wildman–Crippen LogP) is 2.68. The summed E-state index contributed by atoms with van der Waals surface area (Å²) >= 11 is 0. The van der Waals surface area contributed by atoms with Crippen molar-refractivity contribution in [3.8, 4) is 0 Å². The molecule has 24 heavy (non-hydrogen) atoms. The Labute approximate surface area is 144 Å². The lowest BCUT2D eigenvalue weighted by atomic mass is 10.2. The zero-order valence-corrected chi connectivity index (χ0v) is 15.1. The summed E-state index contributed by atoms with van der Waals surface area (Å²) in [5, 5.41) is 3.18. The van der Waals surface area contributed by atoms with Crippen LogP contribution >= 0.6 is 0 Å². The van der Waals surface area contributed by atoms with Crippen LogP contribution in [0.25, 0.3) is 0 Å². The number of nitrogens with one attached hydrogen (secondary N) is 1. The monoisotopic (exact) mass is 331 g/mol. The van der Waals surface area contributed by atoms with Gasteiger partial charge in [0, 0.05) is 49.9 Å². The molecule has 6 nitrogen and oxygen atoms in total. The molecule has 1 aromatic rings. The lowest BCUT2D eigenvalue weighted by Gasteiger charge is -2.36. The number of amides is 2. The fourth-order valence-electron chi connectivity index (χ4n) is 3.47. The van der Waals surface area contributed by atoms with Gasteiger partial charge in [0.15, 0.2) is 0 Å². The third-order valence-electron chi connectivity index (χ3n) is 4.95. The summed E-state index contributed by atoms with van der Waals surface area (Å²) < 4.78 is 0. The molecule has 132 valence electrons. The van der Waals surface area contributed by atoms with Gasteiger partial charge in [0.25, 0.3) is 0 Å². The van der Waals surface area contributed by atoms with Crippen molar-refractivity contribution in [1.82, 2.24) is 20.2 Å². The first kappa shape index (κ1) is 17.0. The van der Waals surface area contributed by atoms with Crippen molar-refractivity contribution in [2.24, 2.45) is 0 Å². The van der Waals surface area contributed by atoms with Gasteiger partial charge in [-0.2, -0.15) is 0 Å². The van der Waals surface area contributed by atoms with Crippen molar-refractivity contribution >= 4 is 11.8 Å². The number of hydrogen-bond acceptors (Lipinski definition) is 4. The molecule has 2 amide bonds. The standard InChI is InChI=1S/C18H29N5O/c1-13(2)17-19-14(3)12-16(21-17)22-8-10-23(11-9-22)18(24)20-15-6-4-5-7-15/h12-13,15H,4-11H2,1-3H3,(H,20,24). The fraction of sp³-hybridized carbons (Fsp3) is 0.722. The molecule has 0 atom stereocenters. The highest BCUT2D eigenvalue weighted by Crippen LogP contribution is 2.20. The van der Waals surface area contributed by atoms with Gasteiger partial charge in [-0.05, 0) is 19.8 Å². The Balaban J connectivity index is 1.57. The molecule has 0 spiro atoms. The lowest BCUT2D eigenvalue weighted by Crippen LogP contribution is -2.53. The van der Waals surface area contributed by atoms with Crippen molar-refractivity contribution in [2.75, 3.05) is 31.1 Å². The van der Waals surface area contributed by atoms with Crippen LogP contribution in [-0.4, -0.2) is 53.1 Å². The molecule has 6 heteroatoms. The predicted molar refractivity (Wildman–Crippen MR) is 95.4 cm³/mol. The van der Waals surface area contributed by atoms with E-state index < -0.39 is 0 Å². The molecule has 3 rings (SSSR count). The first-order valence-electron chi connectivity index (χ1n) is 9.19. The van der Waals surface area contributed by atoms with E-state index in [0.717, 1.165) is 56.4 Å². The van der Waals surface area contributed by atoms with Gasteiger partial charge in [0.1, 0.15) is 11.6 Å². The maximum atomic E-state index is 12.4. The quantitative estimate of drug-likeness (QED) is 0.925. The normalized spacial score (nSPS) is 19.2. The molecule has 2 fully saturated rings. The topological polar surface area (TPSA) is 61.4 Å². The summed E-state index contributed by atoms with van der Waals surface area (Å²) in [4.78, 5) is 25.8. The third-order valence-corrected chi connectivity index (χ3v) is 4.95. The van der Waals surface area contributed by atoms with Gasteiger partial charge in [-0.3, -0.25) is 0 Å². The van der Waals surface area contributed by atoms with E-state index in [0.29, 0.717) is 12.0 Å². The summed E-state index contributed by atoms with van der Waals surface area (Å²) in [5.74, 6) is 2.20. The van der Waals surface area contributed by atoms with E-state index in [-0.39, 0.29) is 6.03 Å². The molecular weight excluding hydrogens is 302 g/mol. The zero-order valence-electron chi connectivity index (χ0n) is 15.1. The van der Waals surface area contributed by atoms with Gasteiger partial charge in [-0.15, -0.1) is 0 Å². The Bertz CT molecular complexity index is 575. The van der Waals surface area contributed by atoms with Crippen molar-refractivity contribution in [3.63, 3.8) is 0 Å². The zero-order chi connectivity index (χ0) is 17.1. The molecule has 0 aromatic carbocycles. The van der Waals surface area contributed by atoms with E-state index in [1.54, 1.807) is 0 Å². The molecule has 1 aromatic heterocycles. The summed E-state index contributed by atoms with van der Waals surface area (Å²) in [5.41, 5.74) is 1.00. The van der Waals surface area contributed by atoms with Crippen LogP contribution in [0, 0.1) is 6.92 Å². The Morgan fingerprint density at radius 3 is 2.46 bits per heavy atom. The molecule has 1 saturated carbocycles. The molecule has 0 radical (unpaired) electrons. The molecule has 1 aliphatic carbocycles. The van der Waals surface area contributed by atoms with E-state index in [1.807, 2.05) is 17.9 Å². The lowest BCUT2D eigenvalue weighted by molar-refractivity contribution is 0.190. The van der Waals surface area contributed by atoms with E-state index in [1.165, 1.54) is 12.8 Å². The summed E-state index contributed by atoms with van der Waals surface area (Å²) in [7, 11) is 0. The highest BCUT2D eigenvalue weighted by Gasteiger charge is 2.25. The number of aryl methyl sites for hydroxylation is 1. The van der Waals surface area contributed by atoms with Crippen molar-refractivity contribution in [3.05, 3.63) is 17.6 Å². The number of rotatable bonds is 3. The molecule has 0 unspecified atom stereocenters. The number of carbonyl (C=O) groups excluding carboxylic acids is 1. The number of aromatic nitrogens is 2. The van der Waals surface area contributed by atoms with Crippen molar-refractivity contribution < 1.29 is 4.79 Å². The van der Waals surface area contributed by atoms with E-state index in [2.05, 4.69) is 29.0 Å². The second-order valence-corrected chi connectivity index (χ2v) is 7.29. The maximum absolute atomic E-state index is 12.4. The molecular formula is C18H29N5O. The summed E-state index contributed by atoms with van der Waals surface area (Å²) in [6, 6.07) is 2.53. The fourth-order valence-corrected chi connectivity index (χ4v) is 3.47. The number of urea groups is 1. The number of carbonyl (C=O) groups is 1. The van der Waals surface area contributed by atoms with Gasteiger partial charge >= 0.3 is 6.03 Å². The molecule has 1 saturated heterocycles. The van der Waals surface area contributed by atoms with Gasteiger partial charge < -0.3 is 15.1 Å². The minimum atomic E-state index is 0.100. The van der Waals surface area contributed by atoms with Crippen LogP contribution in [0.15, 0.2) is 6.07 Å². The molecule has 1 N–H and O–H groups in total. The molecule has 0 bridgehead atoms. The van der Waals surface area contributed by atoms with Crippen LogP contribution in [0.1, 0.15) is 57.0 Å². The van der Waals surface area contributed by atoms with Crippen molar-refractivity contribution in [2.45, 2.75) is 58.4 Å². The van der Waals surface area contributed by atoms with Crippen LogP contribution < -0.4 is 10.2 Å². The summed E-state index contributed by atoms with van der Waals surface area (Å²) in [6.07, 6.45) is 4.74. The smallest absolute Gasteiger partial charge is 0.317 e. The van der Waals surface area contributed by atoms with Crippen LogP contribution in [-0.2, 0) is 0 Å². The summed E-state index contributed by atoms with van der Waals surface area (Å²) in [6.45, 7) is 9.39. The van der Waals surface area contributed by atoms with Crippen LogP contribution in [0.5, 0.6) is 0 Å². The number of anilines is 1. The minimum absolute atomic E-state index is 0.100. The second kappa shape index (κ2) is 7.36. The Morgan fingerprint density at radius 2 is 1.83 bits per heavy atom. The Kier molecular flexibility index (Phi) is 5.21. The second-order valence-electron chi connectivity index (χ2n) is 7.29. The number of hydrogen-bond donors (Lipinski definition) is 1. The first-order chi connectivity index (χ1) is 11.5. The SMILES string of the molecule is Cc1cc(N2CCN(C(=O)NC3CCCC3)CC2)nc(C(C)C)n1. The molecule has 2 aliphatic rings. The third kappa shape index (κ3) is 3.97. The average Bonchev–Trinajstić information content (AvgIpc) is 3.07. The van der Waals surface area contributed by atoms with E-state index in [4.69, 9.17) is 4.98 Å². The van der Waals surface area contributed by atoms with Crippen LogP contribution in [0.3, 0.4) is 0 Å². The molecule has 2 heterocycles. The maximum Gasteiger partial charge on any atom is 0.317 e. The minimum Gasteiger partial charge on any atom is -0.353 e. The van der Waals surface area contributed by atoms with Gasteiger partial charge in [-0.1, -0.05) is 26.7 Å². The molecule has 1 aliphatic heterocycles. The van der Waals surface area contributed by atoms with Crippen LogP contribution in [0.2, 0.25) is 0 Å². The van der Waals surface area contributed by atoms with Crippen molar-refractivity contribution in [1.29, 1.82) is 0 Å². The Morgan fingerprint density at radius 1 is 1.17 bits per heavy atom. The largest absolute Gasteiger partial charge is 0.353 e.